The number of benzene rings is 1. The van der Waals surface area contributed by atoms with Crippen LogP contribution in [0.1, 0.15) is 24.2 Å². The summed E-state index contributed by atoms with van der Waals surface area (Å²) in [5.41, 5.74) is 1.87. The molecule has 0 aliphatic rings. The standard InChI is InChI=1S/C11H16O2S/c1-2-8-5-3-4-6-9(8)11(13)10(12)7-14/h3-6,10-14H,2,7H2,1H3. The molecule has 78 valence electrons. The predicted molar refractivity (Wildman–Crippen MR) is 60.6 cm³/mol. The van der Waals surface area contributed by atoms with Crippen molar-refractivity contribution in [3.8, 4) is 0 Å². The number of rotatable bonds is 4. The van der Waals surface area contributed by atoms with E-state index >= 15 is 0 Å². The van der Waals surface area contributed by atoms with Crippen molar-refractivity contribution in [1.82, 2.24) is 0 Å². The Morgan fingerprint density at radius 2 is 1.93 bits per heavy atom. The highest BCUT2D eigenvalue weighted by molar-refractivity contribution is 7.80. The second kappa shape index (κ2) is 5.39. The average Bonchev–Trinajstić information content (AvgIpc) is 2.26. The first-order chi connectivity index (χ1) is 6.70. The Kier molecular flexibility index (Phi) is 4.45. The van der Waals surface area contributed by atoms with Gasteiger partial charge in [0.25, 0.3) is 0 Å². The van der Waals surface area contributed by atoms with Gasteiger partial charge in [-0.05, 0) is 17.5 Å². The van der Waals surface area contributed by atoms with E-state index in [0.29, 0.717) is 0 Å². The SMILES string of the molecule is CCc1ccccc1C(O)C(O)CS. The van der Waals surface area contributed by atoms with Crippen LogP contribution in [0.2, 0.25) is 0 Å². The van der Waals surface area contributed by atoms with Crippen molar-refractivity contribution in [2.24, 2.45) is 0 Å². The maximum atomic E-state index is 9.80. The molecule has 0 saturated carbocycles. The van der Waals surface area contributed by atoms with Crippen LogP contribution >= 0.6 is 12.6 Å². The van der Waals surface area contributed by atoms with Crippen molar-refractivity contribution in [1.29, 1.82) is 0 Å². The lowest BCUT2D eigenvalue weighted by Gasteiger charge is -2.18. The van der Waals surface area contributed by atoms with Gasteiger partial charge in [0.2, 0.25) is 0 Å². The van der Waals surface area contributed by atoms with Crippen LogP contribution < -0.4 is 0 Å². The van der Waals surface area contributed by atoms with Crippen molar-refractivity contribution >= 4 is 12.6 Å². The van der Waals surface area contributed by atoms with Crippen LogP contribution in [0.5, 0.6) is 0 Å². The normalized spacial score (nSPS) is 15.1. The first kappa shape index (κ1) is 11.6. The second-order valence-corrected chi connectivity index (χ2v) is 3.61. The molecule has 0 bridgehead atoms. The maximum absolute atomic E-state index is 9.80. The third-order valence-corrected chi connectivity index (χ3v) is 2.68. The minimum absolute atomic E-state index is 0.263. The lowest BCUT2D eigenvalue weighted by atomic mass is 9.98. The summed E-state index contributed by atoms with van der Waals surface area (Å²) >= 11 is 3.96. The number of thiol groups is 1. The summed E-state index contributed by atoms with van der Waals surface area (Å²) in [6, 6.07) is 7.60. The van der Waals surface area contributed by atoms with Crippen molar-refractivity contribution in [3.05, 3.63) is 35.4 Å². The Morgan fingerprint density at radius 3 is 2.50 bits per heavy atom. The summed E-state index contributed by atoms with van der Waals surface area (Å²) in [6.07, 6.45) is -0.776. The van der Waals surface area contributed by atoms with Gasteiger partial charge in [-0.1, -0.05) is 31.2 Å². The highest BCUT2D eigenvalue weighted by Crippen LogP contribution is 2.21. The van der Waals surface area contributed by atoms with Gasteiger partial charge in [-0.25, -0.2) is 0 Å². The topological polar surface area (TPSA) is 40.5 Å². The van der Waals surface area contributed by atoms with Crippen molar-refractivity contribution in [2.75, 3.05) is 5.75 Å². The molecule has 0 aliphatic heterocycles. The van der Waals surface area contributed by atoms with E-state index in [4.69, 9.17) is 0 Å². The molecule has 2 unspecified atom stereocenters. The van der Waals surface area contributed by atoms with E-state index in [0.717, 1.165) is 17.5 Å². The molecule has 2 nitrogen and oxygen atoms in total. The summed E-state index contributed by atoms with van der Waals surface area (Å²) < 4.78 is 0. The number of hydrogen-bond donors (Lipinski definition) is 3. The predicted octanol–water partition coefficient (Wildman–Crippen LogP) is 1.57. The molecule has 3 heteroatoms. The molecule has 2 N–H and O–H groups in total. The minimum atomic E-state index is -0.830. The second-order valence-electron chi connectivity index (χ2n) is 3.25. The average molecular weight is 212 g/mol. The van der Waals surface area contributed by atoms with Crippen LogP contribution in [0, 0.1) is 0 Å². The van der Waals surface area contributed by atoms with Crippen LogP contribution in [0.3, 0.4) is 0 Å². The molecule has 0 spiro atoms. The fraction of sp³-hybridized carbons (Fsp3) is 0.455. The van der Waals surface area contributed by atoms with Gasteiger partial charge in [-0.3, -0.25) is 0 Å². The largest absolute Gasteiger partial charge is 0.389 e. The van der Waals surface area contributed by atoms with E-state index in [-0.39, 0.29) is 5.75 Å². The van der Waals surface area contributed by atoms with E-state index in [1.165, 1.54) is 0 Å². The maximum Gasteiger partial charge on any atom is 0.106 e. The number of hydrogen-bond acceptors (Lipinski definition) is 3. The third-order valence-electron chi connectivity index (χ3n) is 2.31. The number of aliphatic hydroxyl groups excluding tert-OH is 2. The van der Waals surface area contributed by atoms with Crippen molar-refractivity contribution in [3.63, 3.8) is 0 Å². The van der Waals surface area contributed by atoms with E-state index in [1.807, 2.05) is 31.2 Å². The van der Waals surface area contributed by atoms with E-state index in [9.17, 15) is 10.2 Å². The zero-order valence-corrected chi connectivity index (χ0v) is 9.11. The number of aliphatic hydroxyl groups is 2. The quantitative estimate of drug-likeness (QED) is 0.663. The fourth-order valence-corrected chi connectivity index (χ4v) is 1.65. The smallest absolute Gasteiger partial charge is 0.106 e. The van der Waals surface area contributed by atoms with Gasteiger partial charge >= 0.3 is 0 Å². The summed E-state index contributed by atoms with van der Waals surface area (Å²) in [5.74, 6) is 0.263. The number of aryl methyl sites for hydroxylation is 1. The summed E-state index contributed by atoms with van der Waals surface area (Å²) in [6.45, 7) is 2.03. The van der Waals surface area contributed by atoms with Crippen LogP contribution in [0.25, 0.3) is 0 Å². The fourth-order valence-electron chi connectivity index (χ4n) is 1.45. The van der Waals surface area contributed by atoms with Crippen molar-refractivity contribution in [2.45, 2.75) is 25.6 Å². The molecule has 14 heavy (non-hydrogen) atoms. The van der Waals surface area contributed by atoms with E-state index in [2.05, 4.69) is 12.6 Å². The van der Waals surface area contributed by atoms with Gasteiger partial charge in [-0.15, -0.1) is 0 Å². The summed E-state index contributed by atoms with van der Waals surface area (Å²) in [5, 5.41) is 19.3. The molecule has 1 aromatic carbocycles. The molecule has 0 heterocycles. The molecule has 0 radical (unpaired) electrons. The molecule has 1 aromatic rings. The Morgan fingerprint density at radius 1 is 1.29 bits per heavy atom. The first-order valence-corrected chi connectivity index (χ1v) is 5.38. The van der Waals surface area contributed by atoms with Crippen molar-refractivity contribution < 1.29 is 10.2 Å². The van der Waals surface area contributed by atoms with E-state index in [1.54, 1.807) is 0 Å². The molecule has 0 fully saturated rings. The van der Waals surface area contributed by atoms with Crippen LogP contribution in [-0.2, 0) is 6.42 Å². The highest BCUT2D eigenvalue weighted by Gasteiger charge is 2.18. The monoisotopic (exact) mass is 212 g/mol. The Hall–Kier alpha value is -0.510. The zero-order valence-electron chi connectivity index (χ0n) is 8.22. The molecule has 0 saturated heterocycles. The third kappa shape index (κ3) is 2.50. The van der Waals surface area contributed by atoms with Gasteiger partial charge in [0, 0.05) is 5.75 Å². The molecule has 1 rings (SSSR count). The first-order valence-electron chi connectivity index (χ1n) is 4.75. The van der Waals surface area contributed by atoms with Gasteiger partial charge in [0.15, 0.2) is 0 Å². The van der Waals surface area contributed by atoms with Gasteiger partial charge in [0.1, 0.15) is 6.10 Å². The van der Waals surface area contributed by atoms with Crippen LogP contribution in [-0.4, -0.2) is 22.1 Å². The van der Waals surface area contributed by atoms with Gasteiger partial charge in [0.05, 0.1) is 6.10 Å². The highest BCUT2D eigenvalue weighted by atomic mass is 32.1. The summed E-state index contributed by atoms with van der Waals surface area (Å²) in [7, 11) is 0. The van der Waals surface area contributed by atoms with Gasteiger partial charge in [-0.2, -0.15) is 12.6 Å². The lowest BCUT2D eigenvalue weighted by Crippen LogP contribution is -2.20. The zero-order chi connectivity index (χ0) is 10.6. The molecular formula is C11H16O2S. The van der Waals surface area contributed by atoms with E-state index < -0.39 is 12.2 Å². The summed E-state index contributed by atoms with van der Waals surface area (Å²) in [4.78, 5) is 0. The molecule has 2 atom stereocenters. The Labute approximate surface area is 90.0 Å². The lowest BCUT2D eigenvalue weighted by molar-refractivity contribution is 0.0332. The van der Waals surface area contributed by atoms with Crippen LogP contribution in [0.15, 0.2) is 24.3 Å². The molecule has 0 aliphatic carbocycles. The molecule has 0 aromatic heterocycles. The van der Waals surface area contributed by atoms with Crippen LogP contribution in [0.4, 0.5) is 0 Å². The minimum Gasteiger partial charge on any atom is -0.389 e. The van der Waals surface area contributed by atoms with Gasteiger partial charge < -0.3 is 10.2 Å². The Balaban J connectivity index is 2.93. The molecule has 0 amide bonds. The Bertz CT molecular complexity index is 288. The molecular weight excluding hydrogens is 196 g/mol.